The van der Waals surface area contributed by atoms with E-state index < -0.39 is 16.0 Å². The summed E-state index contributed by atoms with van der Waals surface area (Å²) in [5.74, 6) is 0.888. The first-order valence-corrected chi connectivity index (χ1v) is 12.3. The molecule has 2 N–H and O–H groups in total. The molecule has 0 aliphatic heterocycles. The SMILES string of the molecule is O=C(O)CCC/C=C\[C@H]1C2CCC(CC2)[C@@H]1CNS(=O)(=O)c1ccc(Cl)cc1Cl. The maximum Gasteiger partial charge on any atom is 0.303 e. The predicted molar refractivity (Wildman–Crippen MR) is 115 cm³/mol. The average Bonchev–Trinajstić information content (AvgIpc) is 2.67. The Hall–Kier alpha value is -1.08. The van der Waals surface area contributed by atoms with Gasteiger partial charge in [0.05, 0.1) is 5.02 Å². The second kappa shape index (κ2) is 9.82. The number of sulfonamides is 1. The molecule has 2 bridgehead atoms. The second-order valence-corrected chi connectivity index (χ2v) is 10.6. The molecule has 4 rings (SSSR count). The number of carboxylic acid groups (broad SMARTS) is 1. The van der Waals surface area contributed by atoms with Crippen molar-refractivity contribution >= 4 is 39.2 Å². The summed E-state index contributed by atoms with van der Waals surface area (Å²) < 4.78 is 28.3. The topological polar surface area (TPSA) is 83.5 Å². The molecule has 0 saturated heterocycles. The Bertz CT molecular complexity index is 863. The summed E-state index contributed by atoms with van der Waals surface area (Å²) in [6, 6.07) is 4.38. The molecule has 3 fully saturated rings. The van der Waals surface area contributed by atoms with E-state index in [0.29, 0.717) is 35.7 Å². The Kier molecular flexibility index (Phi) is 7.65. The minimum absolute atomic E-state index is 0.0466. The zero-order chi connectivity index (χ0) is 21.0. The third kappa shape index (κ3) is 5.75. The highest BCUT2D eigenvalue weighted by atomic mass is 35.5. The number of fused-ring (bicyclic) bond motifs is 3. The van der Waals surface area contributed by atoms with Crippen molar-refractivity contribution in [2.45, 2.75) is 49.8 Å². The summed E-state index contributed by atoms with van der Waals surface area (Å²) in [4.78, 5) is 10.7. The van der Waals surface area contributed by atoms with Crippen molar-refractivity contribution < 1.29 is 18.3 Å². The number of carbonyl (C=O) groups is 1. The van der Waals surface area contributed by atoms with Crippen LogP contribution in [0.3, 0.4) is 0 Å². The molecule has 0 unspecified atom stereocenters. The highest BCUT2D eigenvalue weighted by molar-refractivity contribution is 7.89. The lowest BCUT2D eigenvalue weighted by Gasteiger charge is -2.48. The zero-order valence-electron chi connectivity index (χ0n) is 16.2. The molecular formula is C21H27Cl2NO4S. The molecule has 5 nitrogen and oxygen atoms in total. The predicted octanol–water partition coefficient (Wildman–Crippen LogP) is 5.14. The molecule has 0 amide bonds. The molecule has 2 atom stereocenters. The van der Waals surface area contributed by atoms with E-state index in [1.165, 1.54) is 31.0 Å². The van der Waals surface area contributed by atoms with E-state index in [0.717, 1.165) is 19.3 Å². The van der Waals surface area contributed by atoms with Crippen LogP contribution in [0.15, 0.2) is 35.2 Å². The number of nitrogens with one attached hydrogen (secondary N) is 1. The number of aliphatic carboxylic acids is 1. The van der Waals surface area contributed by atoms with Crippen LogP contribution < -0.4 is 4.72 Å². The summed E-state index contributed by atoms with van der Waals surface area (Å²) in [5.41, 5.74) is 0. The fourth-order valence-corrected chi connectivity index (χ4v) is 6.67. The average molecular weight is 460 g/mol. The molecule has 0 heterocycles. The van der Waals surface area contributed by atoms with Gasteiger partial charge in [-0.2, -0.15) is 0 Å². The van der Waals surface area contributed by atoms with Crippen LogP contribution in [0.5, 0.6) is 0 Å². The van der Waals surface area contributed by atoms with Gasteiger partial charge in [0.25, 0.3) is 0 Å². The molecule has 3 saturated carbocycles. The van der Waals surface area contributed by atoms with E-state index >= 15 is 0 Å². The number of allylic oxidation sites excluding steroid dienone is 2. The first-order valence-electron chi connectivity index (χ1n) is 10.1. The lowest BCUT2D eigenvalue weighted by molar-refractivity contribution is -0.137. The molecular weight excluding hydrogens is 433 g/mol. The lowest BCUT2D eigenvalue weighted by atomic mass is 9.58. The van der Waals surface area contributed by atoms with Crippen LogP contribution in [0.2, 0.25) is 10.0 Å². The van der Waals surface area contributed by atoms with Crippen LogP contribution in [0, 0.1) is 23.7 Å². The smallest absolute Gasteiger partial charge is 0.303 e. The molecule has 0 aromatic heterocycles. The monoisotopic (exact) mass is 459 g/mol. The van der Waals surface area contributed by atoms with E-state index in [-0.39, 0.29) is 22.3 Å². The van der Waals surface area contributed by atoms with Crippen molar-refractivity contribution in [2.24, 2.45) is 23.7 Å². The molecule has 1 aromatic rings. The summed E-state index contributed by atoms with van der Waals surface area (Å²) >= 11 is 12.0. The Morgan fingerprint density at radius 3 is 2.52 bits per heavy atom. The van der Waals surface area contributed by atoms with Crippen molar-refractivity contribution in [3.8, 4) is 0 Å². The largest absolute Gasteiger partial charge is 0.481 e. The number of hydrogen-bond donors (Lipinski definition) is 2. The molecule has 0 radical (unpaired) electrons. The van der Waals surface area contributed by atoms with Gasteiger partial charge in [0.2, 0.25) is 10.0 Å². The summed E-state index contributed by atoms with van der Waals surface area (Å²) in [5, 5.41) is 9.27. The van der Waals surface area contributed by atoms with Crippen molar-refractivity contribution in [3.05, 3.63) is 40.4 Å². The van der Waals surface area contributed by atoms with Gasteiger partial charge in [-0.05, 0) is 80.4 Å². The third-order valence-corrected chi connectivity index (χ3v) is 8.41. The number of unbranched alkanes of at least 4 members (excludes halogenated alkanes) is 1. The molecule has 29 heavy (non-hydrogen) atoms. The number of halogens is 2. The first-order chi connectivity index (χ1) is 13.8. The number of hydrogen-bond acceptors (Lipinski definition) is 3. The van der Waals surface area contributed by atoms with Crippen LogP contribution in [0.1, 0.15) is 44.9 Å². The van der Waals surface area contributed by atoms with E-state index in [1.54, 1.807) is 0 Å². The van der Waals surface area contributed by atoms with Gasteiger partial charge in [-0.3, -0.25) is 4.79 Å². The highest BCUT2D eigenvalue weighted by Gasteiger charge is 2.42. The second-order valence-electron chi connectivity index (χ2n) is 8.06. The molecule has 8 heteroatoms. The molecule has 3 aliphatic carbocycles. The van der Waals surface area contributed by atoms with Crippen LogP contribution >= 0.6 is 23.2 Å². The lowest BCUT2D eigenvalue weighted by Crippen LogP contribution is -2.45. The van der Waals surface area contributed by atoms with E-state index in [2.05, 4.69) is 16.9 Å². The summed E-state index contributed by atoms with van der Waals surface area (Å²) in [7, 11) is -3.72. The number of rotatable bonds is 9. The van der Waals surface area contributed by atoms with Crippen LogP contribution in [0.25, 0.3) is 0 Å². The van der Waals surface area contributed by atoms with Crippen molar-refractivity contribution in [1.29, 1.82) is 0 Å². The van der Waals surface area contributed by atoms with E-state index in [4.69, 9.17) is 28.3 Å². The van der Waals surface area contributed by atoms with Gasteiger partial charge in [-0.25, -0.2) is 13.1 Å². The standard InChI is InChI=1S/C21H27Cl2NO4S/c22-16-10-11-20(19(23)12-16)29(27,28)24-13-18-15-8-6-14(7-9-15)17(18)4-2-1-3-5-21(25)26/h2,4,10-12,14-15,17-18,24H,1,3,5-9,13H2,(H,25,26)/b4-2-/t14?,15?,17-,18-/m0/s1. The van der Waals surface area contributed by atoms with Crippen LogP contribution in [-0.2, 0) is 14.8 Å². The van der Waals surface area contributed by atoms with Gasteiger partial charge in [-0.1, -0.05) is 35.4 Å². The Labute approximate surface area is 182 Å². The summed E-state index contributed by atoms with van der Waals surface area (Å²) in [6.07, 6.45) is 10.5. The van der Waals surface area contributed by atoms with E-state index in [1.807, 2.05) is 0 Å². The molecule has 3 aliphatic rings. The minimum Gasteiger partial charge on any atom is -0.481 e. The molecule has 160 valence electrons. The number of benzene rings is 1. The van der Waals surface area contributed by atoms with Crippen molar-refractivity contribution in [3.63, 3.8) is 0 Å². The van der Waals surface area contributed by atoms with E-state index in [9.17, 15) is 13.2 Å². The normalized spacial score (nSPS) is 26.8. The maximum absolute atomic E-state index is 12.8. The van der Waals surface area contributed by atoms with Gasteiger partial charge in [-0.15, -0.1) is 0 Å². The van der Waals surface area contributed by atoms with Crippen molar-refractivity contribution in [2.75, 3.05) is 6.54 Å². The van der Waals surface area contributed by atoms with Gasteiger partial charge >= 0.3 is 5.97 Å². The van der Waals surface area contributed by atoms with Crippen LogP contribution in [-0.4, -0.2) is 26.0 Å². The Balaban J connectivity index is 1.66. The van der Waals surface area contributed by atoms with Gasteiger partial charge in [0.15, 0.2) is 0 Å². The van der Waals surface area contributed by atoms with Crippen molar-refractivity contribution in [1.82, 2.24) is 4.72 Å². The zero-order valence-corrected chi connectivity index (χ0v) is 18.5. The molecule has 1 aromatic carbocycles. The highest BCUT2D eigenvalue weighted by Crippen LogP contribution is 2.49. The first kappa shape index (κ1) is 22.6. The Morgan fingerprint density at radius 1 is 1.17 bits per heavy atom. The third-order valence-electron chi connectivity index (χ3n) is 6.27. The van der Waals surface area contributed by atoms with Gasteiger partial charge in [0.1, 0.15) is 4.90 Å². The Morgan fingerprint density at radius 2 is 1.86 bits per heavy atom. The van der Waals surface area contributed by atoms with Crippen LogP contribution in [0.4, 0.5) is 0 Å². The van der Waals surface area contributed by atoms with Gasteiger partial charge in [0, 0.05) is 18.0 Å². The summed E-state index contributed by atoms with van der Waals surface area (Å²) in [6.45, 7) is 0.382. The van der Waals surface area contributed by atoms with Gasteiger partial charge < -0.3 is 5.11 Å². The number of carboxylic acids is 1. The minimum atomic E-state index is -3.72. The quantitative estimate of drug-likeness (QED) is 0.395. The molecule has 0 spiro atoms. The maximum atomic E-state index is 12.8. The fourth-order valence-electron chi connectivity index (χ4n) is 4.83. The fraction of sp³-hybridized carbons (Fsp3) is 0.571.